The summed E-state index contributed by atoms with van der Waals surface area (Å²) < 4.78 is 5.57. The lowest BCUT2D eigenvalue weighted by molar-refractivity contribution is -0.108. The van der Waals surface area contributed by atoms with Crippen LogP contribution in [0, 0.1) is 5.92 Å². The molecule has 0 aliphatic heterocycles. The first-order valence-corrected chi connectivity index (χ1v) is 7.86. The molecule has 0 aliphatic carbocycles. The van der Waals surface area contributed by atoms with E-state index in [4.69, 9.17) is 4.74 Å². The average molecular weight is 362 g/mol. The third-order valence-corrected chi connectivity index (χ3v) is 3.41. The van der Waals surface area contributed by atoms with Crippen LogP contribution in [0.15, 0.2) is 12.1 Å². The van der Waals surface area contributed by atoms with Crippen molar-refractivity contribution in [1.29, 1.82) is 0 Å². The van der Waals surface area contributed by atoms with Gasteiger partial charge in [0, 0.05) is 36.7 Å². The highest BCUT2D eigenvalue weighted by Gasteiger charge is 2.16. The van der Waals surface area contributed by atoms with Crippen molar-refractivity contribution in [2.24, 2.45) is 5.92 Å². The Morgan fingerprint density at radius 3 is 2.50 bits per heavy atom. The summed E-state index contributed by atoms with van der Waals surface area (Å²) in [5, 5.41) is 32.7. The number of carbonyl (C=O) groups is 1. The standard InChI is InChI=1S/C17H27NO5.ClH/c1-11(2)18-9-14(21)10-23-17-8-13(20)7-16(22)15(17)6-12(3)4-5-19;/h5,7-8,11-12,14,18,20-22H,4,6,9-10H2,1-3H3;1H/t12-,14?;/m0./s1. The van der Waals surface area contributed by atoms with Gasteiger partial charge in [0.2, 0.25) is 0 Å². The van der Waals surface area contributed by atoms with Gasteiger partial charge in [-0.15, -0.1) is 12.4 Å². The smallest absolute Gasteiger partial charge is 0.130 e. The molecule has 0 aromatic heterocycles. The van der Waals surface area contributed by atoms with Crippen LogP contribution < -0.4 is 10.1 Å². The first kappa shape index (κ1) is 22.5. The maximum Gasteiger partial charge on any atom is 0.130 e. The van der Waals surface area contributed by atoms with Gasteiger partial charge >= 0.3 is 0 Å². The van der Waals surface area contributed by atoms with E-state index in [-0.39, 0.29) is 42.5 Å². The number of carbonyl (C=O) groups excluding carboxylic acids is 1. The summed E-state index contributed by atoms with van der Waals surface area (Å²) in [6, 6.07) is 2.91. The van der Waals surface area contributed by atoms with Crippen LogP contribution in [0.1, 0.15) is 32.8 Å². The number of aldehydes is 1. The van der Waals surface area contributed by atoms with Crippen LogP contribution in [0.25, 0.3) is 0 Å². The lowest BCUT2D eigenvalue weighted by Gasteiger charge is -2.19. The lowest BCUT2D eigenvalue weighted by atomic mass is 9.97. The number of ether oxygens (including phenoxy) is 1. The average Bonchev–Trinajstić information content (AvgIpc) is 2.46. The Hall–Kier alpha value is -1.50. The predicted octanol–water partition coefficient (Wildman–Crippen LogP) is 2.02. The molecule has 4 N–H and O–H groups in total. The van der Waals surface area contributed by atoms with Gasteiger partial charge in [0.1, 0.15) is 36.2 Å². The van der Waals surface area contributed by atoms with Crippen molar-refractivity contribution in [2.75, 3.05) is 13.2 Å². The maximum absolute atomic E-state index is 10.6. The molecular weight excluding hydrogens is 334 g/mol. The summed E-state index contributed by atoms with van der Waals surface area (Å²) in [5.74, 6) is 0.174. The Morgan fingerprint density at radius 2 is 1.92 bits per heavy atom. The van der Waals surface area contributed by atoms with Crippen LogP contribution in [0.5, 0.6) is 17.2 Å². The molecule has 1 aromatic rings. The van der Waals surface area contributed by atoms with Crippen LogP contribution in [0.4, 0.5) is 0 Å². The highest BCUT2D eigenvalue weighted by atomic mass is 35.5. The van der Waals surface area contributed by atoms with E-state index in [0.717, 1.165) is 6.29 Å². The monoisotopic (exact) mass is 361 g/mol. The van der Waals surface area contributed by atoms with Crippen molar-refractivity contribution in [1.82, 2.24) is 5.32 Å². The number of halogens is 1. The molecule has 0 saturated carbocycles. The van der Waals surface area contributed by atoms with E-state index in [2.05, 4.69) is 5.32 Å². The third kappa shape index (κ3) is 7.86. The number of nitrogens with one attached hydrogen (secondary N) is 1. The molecule has 0 saturated heterocycles. The van der Waals surface area contributed by atoms with Crippen molar-refractivity contribution in [3.63, 3.8) is 0 Å². The van der Waals surface area contributed by atoms with Crippen LogP contribution in [0.2, 0.25) is 0 Å². The molecule has 1 aromatic carbocycles. The van der Waals surface area contributed by atoms with Gasteiger partial charge in [0.05, 0.1) is 0 Å². The van der Waals surface area contributed by atoms with Gasteiger partial charge in [-0.05, 0) is 12.3 Å². The topological polar surface area (TPSA) is 99.0 Å². The third-order valence-electron chi connectivity index (χ3n) is 3.41. The van der Waals surface area contributed by atoms with E-state index >= 15 is 0 Å². The zero-order valence-electron chi connectivity index (χ0n) is 14.4. The number of aliphatic hydroxyl groups excluding tert-OH is 1. The lowest BCUT2D eigenvalue weighted by Crippen LogP contribution is -2.35. The van der Waals surface area contributed by atoms with Crippen molar-refractivity contribution in [2.45, 2.75) is 45.8 Å². The Balaban J connectivity index is 0.00000529. The molecule has 0 bridgehead atoms. The van der Waals surface area contributed by atoms with Crippen LogP contribution in [-0.4, -0.2) is 46.9 Å². The SMILES string of the molecule is CC(C)NCC(O)COc1cc(O)cc(O)c1C[C@@H](C)CC=O.Cl. The van der Waals surface area contributed by atoms with Crippen LogP contribution in [-0.2, 0) is 11.2 Å². The number of aliphatic hydroxyl groups is 1. The zero-order valence-corrected chi connectivity index (χ0v) is 15.2. The summed E-state index contributed by atoms with van der Waals surface area (Å²) in [6.07, 6.45) is 0.952. The number of aromatic hydroxyl groups is 2. The molecule has 6 nitrogen and oxygen atoms in total. The summed E-state index contributed by atoms with van der Waals surface area (Å²) >= 11 is 0. The molecule has 0 radical (unpaired) electrons. The van der Waals surface area contributed by atoms with Gasteiger partial charge < -0.3 is 30.2 Å². The van der Waals surface area contributed by atoms with Gasteiger partial charge in [-0.2, -0.15) is 0 Å². The van der Waals surface area contributed by atoms with E-state index in [1.807, 2.05) is 20.8 Å². The molecule has 0 amide bonds. The number of phenols is 2. The second-order valence-electron chi connectivity index (χ2n) is 6.18. The Kier molecular flexibility index (Phi) is 10.4. The Labute approximate surface area is 149 Å². The molecule has 0 spiro atoms. The molecule has 1 rings (SSSR count). The number of benzene rings is 1. The molecule has 0 fully saturated rings. The fraction of sp³-hybridized carbons (Fsp3) is 0.588. The highest BCUT2D eigenvalue weighted by molar-refractivity contribution is 5.85. The highest BCUT2D eigenvalue weighted by Crippen LogP contribution is 2.35. The first-order chi connectivity index (χ1) is 10.8. The first-order valence-electron chi connectivity index (χ1n) is 7.86. The molecule has 24 heavy (non-hydrogen) atoms. The number of rotatable bonds is 10. The van der Waals surface area contributed by atoms with Crippen molar-refractivity contribution >= 4 is 18.7 Å². The summed E-state index contributed by atoms with van der Waals surface area (Å²) in [5.41, 5.74) is 0.529. The minimum Gasteiger partial charge on any atom is -0.508 e. The van der Waals surface area contributed by atoms with E-state index in [0.29, 0.717) is 30.7 Å². The fourth-order valence-corrected chi connectivity index (χ4v) is 2.16. The van der Waals surface area contributed by atoms with E-state index in [1.54, 1.807) is 0 Å². The van der Waals surface area contributed by atoms with Gasteiger partial charge in [-0.1, -0.05) is 20.8 Å². The largest absolute Gasteiger partial charge is 0.508 e. The zero-order chi connectivity index (χ0) is 17.4. The van der Waals surface area contributed by atoms with Crippen molar-refractivity contribution in [3.8, 4) is 17.2 Å². The summed E-state index contributed by atoms with van der Waals surface area (Å²) in [7, 11) is 0. The predicted molar refractivity (Wildman–Crippen MR) is 95.2 cm³/mol. The van der Waals surface area contributed by atoms with E-state index < -0.39 is 6.10 Å². The van der Waals surface area contributed by atoms with Crippen molar-refractivity contribution < 1.29 is 24.9 Å². The summed E-state index contributed by atoms with van der Waals surface area (Å²) in [4.78, 5) is 10.6. The number of hydrogen-bond donors (Lipinski definition) is 4. The molecular formula is C17H28ClNO5. The molecule has 7 heteroatoms. The second kappa shape index (κ2) is 11.1. The van der Waals surface area contributed by atoms with Gasteiger partial charge in [0.15, 0.2) is 0 Å². The normalized spacial score (nSPS) is 13.2. The quantitative estimate of drug-likeness (QED) is 0.476. The molecule has 138 valence electrons. The molecule has 0 aliphatic rings. The van der Waals surface area contributed by atoms with Gasteiger partial charge in [0.25, 0.3) is 0 Å². The van der Waals surface area contributed by atoms with Crippen LogP contribution in [0.3, 0.4) is 0 Å². The van der Waals surface area contributed by atoms with E-state index in [9.17, 15) is 20.1 Å². The summed E-state index contributed by atoms with van der Waals surface area (Å²) in [6.45, 7) is 6.28. The van der Waals surface area contributed by atoms with Crippen molar-refractivity contribution in [3.05, 3.63) is 17.7 Å². The minimum atomic E-state index is -0.706. The van der Waals surface area contributed by atoms with Gasteiger partial charge in [-0.3, -0.25) is 0 Å². The fourth-order valence-electron chi connectivity index (χ4n) is 2.16. The Morgan fingerprint density at radius 1 is 1.25 bits per heavy atom. The van der Waals surface area contributed by atoms with Crippen LogP contribution >= 0.6 is 12.4 Å². The van der Waals surface area contributed by atoms with Gasteiger partial charge in [-0.25, -0.2) is 0 Å². The molecule has 0 heterocycles. The molecule has 1 unspecified atom stereocenters. The number of hydrogen-bond acceptors (Lipinski definition) is 6. The minimum absolute atomic E-state index is 0. The number of phenolic OH excluding ortho intramolecular Hbond substituents is 2. The van der Waals surface area contributed by atoms with E-state index in [1.165, 1.54) is 12.1 Å². The maximum atomic E-state index is 10.6. The molecule has 2 atom stereocenters. The second-order valence-corrected chi connectivity index (χ2v) is 6.18. The Bertz CT molecular complexity index is 510.